The molecule has 3 aromatic rings. The van der Waals surface area contributed by atoms with Crippen LogP contribution in [0.3, 0.4) is 0 Å². The summed E-state index contributed by atoms with van der Waals surface area (Å²) in [6, 6.07) is 16.2. The summed E-state index contributed by atoms with van der Waals surface area (Å²) >= 11 is 0. The second-order valence-electron chi connectivity index (χ2n) is 6.43. The zero-order valence-corrected chi connectivity index (χ0v) is 16.1. The maximum atomic E-state index is 14.0. The Hall–Kier alpha value is -3.42. The summed E-state index contributed by atoms with van der Waals surface area (Å²) in [4.78, 5) is 24.1. The van der Waals surface area contributed by atoms with Crippen molar-refractivity contribution < 1.29 is 22.7 Å². The Morgan fingerprint density at radius 3 is 2.10 bits per heavy atom. The lowest BCUT2D eigenvalue weighted by Gasteiger charge is -2.19. The average Bonchev–Trinajstić information content (AvgIpc) is 2.74. The van der Waals surface area contributed by atoms with Crippen molar-refractivity contribution in [2.24, 2.45) is 0 Å². The van der Waals surface area contributed by atoms with Gasteiger partial charge in [-0.3, -0.25) is 9.59 Å². The molecule has 0 amide bonds. The number of aromatic nitrogens is 2. The van der Waals surface area contributed by atoms with Crippen molar-refractivity contribution >= 4 is 5.97 Å². The van der Waals surface area contributed by atoms with Gasteiger partial charge in [0, 0.05) is 17.5 Å². The standard InChI is InChI=1S/C22H19F3N2O3/c1-2-17(28)30-14-13-27-21(29)19(22(23,24)25)18(15-9-5-3-6-10-15)20(26-27)16-11-7-4-8-12-16/h3-12H,2,13-14H2,1H3. The maximum absolute atomic E-state index is 14.0. The van der Waals surface area contributed by atoms with Gasteiger partial charge < -0.3 is 4.74 Å². The number of alkyl halides is 3. The fourth-order valence-electron chi connectivity index (χ4n) is 3.02. The number of halogens is 3. The maximum Gasteiger partial charge on any atom is 0.422 e. The van der Waals surface area contributed by atoms with Crippen molar-refractivity contribution in [3.05, 3.63) is 76.6 Å². The van der Waals surface area contributed by atoms with E-state index in [2.05, 4.69) is 5.10 Å². The van der Waals surface area contributed by atoms with Crippen LogP contribution in [0.1, 0.15) is 18.9 Å². The molecule has 0 aliphatic rings. The van der Waals surface area contributed by atoms with Gasteiger partial charge in [0.2, 0.25) is 0 Å². The van der Waals surface area contributed by atoms with Crippen molar-refractivity contribution in [2.45, 2.75) is 26.1 Å². The van der Waals surface area contributed by atoms with Crippen molar-refractivity contribution in [1.82, 2.24) is 9.78 Å². The summed E-state index contributed by atoms with van der Waals surface area (Å²) in [5.41, 5.74) is -2.17. The topological polar surface area (TPSA) is 61.2 Å². The van der Waals surface area contributed by atoms with E-state index in [1.165, 1.54) is 12.1 Å². The van der Waals surface area contributed by atoms with Gasteiger partial charge in [0.05, 0.1) is 12.2 Å². The van der Waals surface area contributed by atoms with Crippen LogP contribution < -0.4 is 5.56 Å². The Morgan fingerprint density at radius 1 is 1.00 bits per heavy atom. The first-order valence-corrected chi connectivity index (χ1v) is 9.31. The lowest BCUT2D eigenvalue weighted by Crippen LogP contribution is -2.33. The molecule has 5 nitrogen and oxygen atoms in total. The summed E-state index contributed by atoms with van der Waals surface area (Å²) in [6.07, 6.45) is -4.78. The number of rotatable bonds is 6. The molecule has 3 rings (SSSR count). The monoisotopic (exact) mass is 416 g/mol. The van der Waals surface area contributed by atoms with Gasteiger partial charge in [0.1, 0.15) is 12.2 Å². The van der Waals surface area contributed by atoms with Crippen LogP contribution in [-0.4, -0.2) is 22.4 Å². The average molecular weight is 416 g/mol. The van der Waals surface area contributed by atoms with Crippen LogP contribution in [0.5, 0.6) is 0 Å². The van der Waals surface area contributed by atoms with Gasteiger partial charge in [-0.25, -0.2) is 4.68 Å². The zero-order chi connectivity index (χ0) is 21.7. The summed E-state index contributed by atoms with van der Waals surface area (Å²) in [7, 11) is 0. The molecule has 0 unspecified atom stereocenters. The molecule has 0 aliphatic heterocycles. The van der Waals surface area contributed by atoms with Crippen LogP contribution in [0.25, 0.3) is 22.4 Å². The first-order valence-electron chi connectivity index (χ1n) is 9.31. The molecule has 0 atom stereocenters. The highest BCUT2D eigenvalue weighted by Crippen LogP contribution is 2.39. The number of benzene rings is 2. The van der Waals surface area contributed by atoms with Crippen LogP contribution in [0.4, 0.5) is 13.2 Å². The van der Waals surface area contributed by atoms with E-state index in [0.29, 0.717) is 10.2 Å². The van der Waals surface area contributed by atoms with E-state index in [1.807, 2.05) is 0 Å². The second-order valence-corrected chi connectivity index (χ2v) is 6.43. The molecule has 0 aliphatic carbocycles. The Balaban J connectivity index is 2.26. The number of nitrogens with zero attached hydrogens (tertiary/aromatic N) is 2. The molecule has 0 N–H and O–H groups in total. The van der Waals surface area contributed by atoms with E-state index in [0.717, 1.165) is 0 Å². The minimum Gasteiger partial charge on any atom is -0.464 e. The molecule has 0 radical (unpaired) electrons. The Bertz CT molecular complexity index is 1080. The minimum absolute atomic E-state index is 0.0237. The van der Waals surface area contributed by atoms with Gasteiger partial charge in [-0.2, -0.15) is 18.3 Å². The van der Waals surface area contributed by atoms with E-state index in [-0.39, 0.29) is 36.4 Å². The number of hydrogen-bond donors (Lipinski definition) is 0. The molecule has 0 spiro atoms. The van der Waals surface area contributed by atoms with Gasteiger partial charge >= 0.3 is 12.1 Å². The van der Waals surface area contributed by atoms with E-state index in [9.17, 15) is 22.8 Å². The highest BCUT2D eigenvalue weighted by molar-refractivity contribution is 5.83. The zero-order valence-electron chi connectivity index (χ0n) is 16.1. The van der Waals surface area contributed by atoms with Gasteiger partial charge in [0.25, 0.3) is 5.56 Å². The van der Waals surface area contributed by atoms with Crippen molar-refractivity contribution in [2.75, 3.05) is 6.61 Å². The smallest absolute Gasteiger partial charge is 0.422 e. The lowest BCUT2D eigenvalue weighted by molar-refractivity contribution is -0.144. The normalized spacial score (nSPS) is 11.3. The second kappa shape index (κ2) is 8.94. The number of ether oxygens (including phenoxy) is 1. The number of hydrogen-bond acceptors (Lipinski definition) is 4. The highest BCUT2D eigenvalue weighted by atomic mass is 19.4. The summed E-state index contributed by atoms with van der Waals surface area (Å²) in [6.45, 7) is 1.05. The largest absolute Gasteiger partial charge is 0.464 e. The highest BCUT2D eigenvalue weighted by Gasteiger charge is 2.40. The Labute approximate surface area is 170 Å². The van der Waals surface area contributed by atoms with Crippen LogP contribution in [0.2, 0.25) is 0 Å². The van der Waals surface area contributed by atoms with E-state index in [1.54, 1.807) is 55.5 Å². The Kier molecular flexibility index (Phi) is 6.34. The molecule has 0 fully saturated rings. The number of esters is 1. The van der Waals surface area contributed by atoms with Crippen molar-refractivity contribution in [3.63, 3.8) is 0 Å². The molecule has 156 valence electrons. The third kappa shape index (κ3) is 4.59. The summed E-state index contributed by atoms with van der Waals surface area (Å²) in [5, 5.41) is 4.23. The summed E-state index contributed by atoms with van der Waals surface area (Å²) < 4.78 is 47.8. The third-order valence-electron chi connectivity index (χ3n) is 4.40. The molecular formula is C22H19F3N2O3. The van der Waals surface area contributed by atoms with Crippen LogP contribution >= 0.6 is 0 Å². The van der Waals surface area contributed by atoms with Gasteiger partial charge in [0.15, 0.2) is 0 Å². The van der Waals surface area contributed by atoms with Crippen LogP contribution in [-0.2, 0) is 22.3 Å². The van der Waals surface area contributed by atoms with E-state index < -0.39 is 23.3 Å². The predicted octanol–water partition coefficient (Wildman–Crippen LogP) is 4.55. The molecule has 1 heterocycles. The molecule has 1 aromatic heterocycles. The van der Waals surface area contributed by atoms with Crippen LogP contribution in [0, 0.1) is 0 Å². The fraction of sp³-hybridized carbons (Fsp3) is 0.227. The van der Waals surface area contributed by atoms with Gasteiger partial charge in [-0.15, -0.1) is 0 Å². The number of carbonyl (C=O) groups is 1. The predicted molar refractivity (Wildman–Crippen MR) is 106 cm³/mol. The lowest BCUT2D eigenvalue weighted by atomic mass is 9.95. The molecule has 0 bridgehead atoms. The molecule has 30 heavy (non-hydrogen) atoms. The molecule has 8 heteroatoms. The first-order chi connectivity index (χ1) is 14.3. The van der Waals surface area contributed by atoms with E-state index >= 15 is 0 Å². The molecule has 2 aromatic carbocycles. The van der Waals surface area contributed by atoms with Gasteiger partial charge in [-0.1, -0.05) is 67.6 Å². The molecule has 0 saturated heterocycles. The molecular weight excluding hydrogens is 397 g/mol. The quantitative estimate of drug-likeness (QED) is 0.553. The minimum atomic E-state index is -4.91. The summed E-state index contributed by atoms with van der Waals surface area (Å²) in [5.74, 6) is -0.511. The fourth-order valence-corrected chi connectivity index (χ4v) is 3.02. The van der Waals surface area contributed by atoms with Gasteiger partial charge in [-0.05, 0) is 5.56 Å². The SMILES string of the molecule is CCC(=O)OCCn1nc(-c2ccccc2)c(-c2ccccc2)c(C(F)(F)F)c1=O. The number of carbonyl (C=O) groups excluding carboxylic acids is 1. The van der Waals surface area contributed by atoms with E-state index in [4.69, 9.17) is 4.74 Å². The Morgan fingerprint density at radius 2 is 1.57 bits per heavy atom. The van der Waals surface area contributed by atoms with Crippen LogP contribution in [0.15, 0.2) is 65.5 Å². The molecule has 0 saturated carbocycles. The van der Waals surface area contributed by atoms with Crippen molar-refractivity contribution in [1.29, 1.82) is 0 Å². The third-order valence-corrected chi connectivity index (χ3v) is 4.40. The first kappa shape index (κ1) is 21.3. The van der Waals surface area contributed by atoms with Crippen molar-refractivity contribution in [3.8, 4) is 22.4 Å².